The van der Waals surface area contributed by atoms with Gasteiger partial charge in [0, 0.05) is 32.3 Å². The molecule has 0 amide bonds. The molecule has 0 aliphatic heterocycles. The van der Waals surface area contributed by atoms with Crippen molar-refractivity contribution in [2.24, 2.45) is 0 Å². The average Bonchev–Trinajstić information content (AvgIpc) is 3.50. The number of rotatable bonds is 3. The fourth-order valence-corrected chi connectivity index (χ4v) is 6.27. The molecule has 39 heavy (non-hydrogen) atoms. The molecule has 0 unspecified atom stereocenters. The molecule has 0 saturated heterocycles. The summed E-state index contributed by atoms with van der Waals surface area (Å²) in [6.45, 7) is 0. The third kappa shape index (κ3) is 3.35. The quantitative estimate of drug-likeness (QED) is 0.220. The number of halogens is 1. The van der Waals surface area contributed by atoms with Gasteiger partial charge in [0.15, 0.2) is 0 Å². The summed E-state index contributed by atoms with van der Waals surface area (Å²) in [5.74, 6) is 0. The predicted molar refractivity (Wildman–Crippen MR) is 166 cm³/mol. The average molecular weight is 519 g/mol. The van der Waals surface area contributed by atoms with Crippen LogP contribution in [0, 0.1) is 0 Å². The van der Waals surface area contributed by atoms with Crippen LogP contribution < -0.4 is 0 Å². The van der Waals surface area contributed by atoms with Gasteiger partial charge in [-0.3, -0.25) is 0 Å². The standard InChI is InChI=1S/C36H23ClN2/c37-26-20-21-30-28-14-4-7-18-33(28)39(35(30)23-26)34-19-9-16-31-29-15-5-6-17-32(29)38(36(31)34)27-13-8-12-25(22-27)24-10-2-1-3-11-24/h1-23H. The van der Waals surface area contributed by atoms with Crippen LogP contribution in [-0.2, 0) is 0 Å². The van der Waals surface area contributed by atoms with Crippen LogP contribution >= 0.6 is 11.6 Å². The van der Waals surface area contributed by atoms with Crippen molar-refractivity contribution in [3.05, 3.63) is 145 Å². The fourth-order valence-electron chi connectivity index (χ4n) is 6.11. The molecule has 8 rings (SSSR count). The van der Waals surface area contributed by atoms with Gasteiger partial charge in [0.25, 0.3) is 0 Å². The first-order chi connectivity index (χ1) is 19.3. The number of benzene rings is 6. The molecule has 0 radical (unpaired) electrons. The maximum absolute atomic E-state index is 6.57. The van der Waals surface area contributed by atoms with Crippen molar-refractivity contribution < 1.29 is 0 Å². The van der Waals surface area contributed by atoms with Gasteiger partial charge in [0.05, 0.1) is 27.8 Å². The van der Waals surface area contributed by atoms with Crippen LogP contribution in [0.15, 0.2) is 140 Å². The first-order valence-electron chi connectivity index (χ1n) is 13.1. The van der Waals surface area contributed by atoms with Gasteiger partial charge in [0.2, 0.25) is 0 Å². The summed E-state index contributed by atoms with van der Waals surface area (Å²) >= 11 is 6.57. The molecule has 0 N–H and O–H groups in total. The molecule has 0 aliphatic rings. The van der Waals surface area contributed by atoms with Crippen molar-refractivity contribution in [3.8, 4) is 22.5 Å². The Morgan fingerprint density at radius 3 is 1.85 bits per heavy atom. The van der Waals surface area contributed by atoms with E-state index in [-0.39, 0.29) is 0 Å². The Kier molecular flexibility index (Phi) is 4.91. The smallest absolute Gasteiger partial charge is 0.0782 e. The molecule has 2 aromatic heterocycles. The Morgan fingerprint density at radius 1 is 0.410 bits per heavy atom. The van der Waals surface area contributed by atoms with E-state index in [0.717, 1.165) is 27.4 Å². The van der Waals surface area contributed by atoms with Crippen molar-refractivity contribution in [1.29, 1.82) is 0 Å². The van der Waals surface area contributed by atoms with E-state index in [1.165, 1.54) is 43.7 Å². The van der Waals surface area contributed by atoms with Crippen LogP contribution in [0.4, 0.5) is 0 Å². The summed E-state index contributed by atoms with van der Waals surface area (Å²) < 4.78 is 4.78. The van der Waals surface area contributed by atoms with E-state index in [1.54, 1.807) is 0 Å². The molecule has 2 heterocycles. The van der Waals surface area contributed by atoms with E-state index >= 15 is 0 Å². The summed E-state index contributed by atoms with van der Waals surface area (Å²) in [5.41, 5.74) is 9.28. The Balaban J connectivity index is 1.52. The van der Waals surface area contributed by atoms with Crippen LogP contribution in [0.1, 0.15) is 0 Å². The van der Waals surface area contributed by atoms with Gasteiger partial charge in [-0.25, -0.2) is 0 Å². The zero-order valence-corrected chi connectivity index (χ0v) is 21.8. The van der Waals surface area contributed by atoms with Gasteiger partial charge >= 0.3 is 0 Å². The first-order valence-corrected chi connectivity index (χ1v) is 13.5. The fraction of sp³-hybridized carbons (Fsp3) is 0. The van der Waals surface area contributed by atoms with Crippen molar-refractivity contribution in [1.82, 2.24) is 9.13 Å². The number of nitrogens with zero attached hydrogens (tertiary/aromatic N) is 2. The van der Waals surface area contributed by atoms with Crippen molar-refractivity contribution >= 4 is 55.2 Å². The molecule has 8 aromatic rings. The lowest BCUT2D eigenvalue weighted by Gasteiger charge is -2.15. The minimum Gasteiger partial charge on any atom is -0.307 e. The highest BCUT2D eigenvalue weighted by molar-refractivity contribution is 6.31. The van der Waals surface area contributed by atoms with Gasteiger partial charge in [-0.15, -0.1) is 0 Å². The predicted octanol–water partition coefficient (Wildman–Crippen LogP) is 10.2. The summed E-state index contributed by atoms with van der Waals surface area (Å²) in [5, 5.41) is 5.60. The molecule has 3 heteroatoms. The topological polar surface area (TPSA) is 9.86 Å². The highest BCUT2D eigenvalue weighted by Gasteiger charge is 2.20. The third-order valence-electron chi connectivity index (χ3n) is 7.76. The van der Waals surface area contributed by atoms with Gasteiger partial charge in [-0.05, 0) is 53.6 Å². The van der Waals surface area contributed by atoms with Crippen LogP contribution in [-0.4, -0.2) is 9.13 Å². The number of para-hydroxylation sites is 3. The lowest BCUT2D eigenvalue weighted by molar-refractivity contribution is 1.13. The number of fused-ring (bicyclic) bond motifs is 6. The lowest BCUT2D eigenvalue weighted by Crippen LogP contribution is -2.00. The monoisotopic (exact) mass is 518 g/mol. The minimum absolute atomic E-state index is 0.731. The minimum atomic E-state index is 0.731. The van der Waals surface area contributed by atoms with E-state index in [2.05, 4.69) is 143 Å². The van der Waals surface area contributed by atoms with Crippen molar-refractivity contribution in [3.63, 3.8) is 0 Å². The molecular weight excluding hydrogens is 496 g/mol. The second-order valence-electron chi connectivity index (χ2n) is 9.96. The zero-order chi connectivity index (χ0) is 25.9. The van der Waals surface area contributed by atoms with E-state index in [0.29, 0.717) is 0 Å². The van der Waals surface area contributed by atoms with Crippen LogP contribution in [0.25, 0.3) is 66.1 Å². The largest absolute Gasteiger partial charge is 0.307 e. The highest BCUT2D eigenvalue weighted by Crippen LogP contribution is 2.40. The summed E-state index contributed by atoms with van der Waals surface area (Å²) in [6, 6.07) is 49.5. The Hall–Kier alpha value is -4.79. The maximum atomic E-state index is 6.57. The Morgan fingerprint density at radius 2 is 1.03 bits per heavy atom. The number of hydrogen-bond donors (Lipinski definition) is 0. The highest BCUT2D eigenvalue weighted by atomic mass is 35.5. The van der Waals surface area contributed by atoms with Gasteiger partial charge in [0.1, 0.15) is 0 Å². The normalized spacial score (nSPS) is 11.7. The number of aromatic nitrogens is 2. The molecule has 0 spiro atoms. The third-order valence-corrected chi connectivity index (χ3v) is 8.00. The van der Waals surface area contributed by atoms with Crippen LogP contribution in [0.2, 0.25) is 5.02 Å². The molecule has 0 aliphatic carbocycles. The van der Waals surface area contributed by atoms with Gasteiger partial charge in [-0.1, -0.05) is 109 Å². The molecule has 2 nitrogen and oxygen atoms in total. The van der Waals surface area contributed by atoms with Crippen LogP contribution in [0.5, 0.6) is 0 Å². The maximum Gasteiger partial charge on any atom is 0.0782 e. The van der Waals surface area contributed by atoms with Gasteiger partial charge < -0.3 is 9.13 Å². The molecule has 0 fully saturated rings. The molecular formula is C36H23ClN2. The summed E-state index contributed by atoms with van der Waals surface area (Å²) in [7, 11) is 0. The molecule has 0 saturated carbocycles. The van der Waals surface area contributed by atoms with E-state index in [9.17, 15) is 0 Å². The van der Waals surface area contributed by atoms with Gasteiger partial charge in [-0.2, -0.15) is 0 Å². The Labute approximate surface area is 230 Å². The SMILES string of the molecule is Clc1ccc2c3ccccc3n(-c3cccc4c5ccccc5n(-c5cccc(-c6ccccc6)c5)c34)c2c1. The zero-order valence-electron chi connectivity index (χ0n) is 21.1. The molecule has 184 valence electrons. The lowest BCUT2D eigenvalue weighted by atomic mass is 10.1. The van der Waals surface area contributed by atoms with E-state index < -0.39 is 0 Å². The van der Waals surface area contributed by atoms with E-state index in [4.69, 9.17) is 11.6 Å². The molecule has 0 atom stereocenters. The Bertz CT molecular complexity index is 2180. The van der Waals surface area contributed by atoms with Crippen molar-refractivity contribution in [2.45, 2.75) is 0 Å². The number of hydrogen-bond acceptors (Lipinski definition) is 0. The summed E-state index contributed by atoms with van der Waals surface area (Å²) in [4.78, 5) is 0. The molecule has 0 bridgehead atoms. The second kappa shape index (κ2) is 8.62. The molecule has 6 aromatic carbocycles. The van der Waals surface area contributed by atoms with Crippen molar-refractivity contribution in [2.75, 3.05) is 0 Å². The van der Waals surface area contributed by atoms with E-state index in [1.807, 2.05) is 6.07 Å². The van der Waals surface area contributed by atoms with Crippen LogP contribution in [0.3, 0.4) is 0 Å². The first kappa shape index (κ1) is 22.2. The second-order valence-corrected chi connectivity index (χ2v) is 10.4. The summed E-state index contributed by atoms with van der Waals surface area (Å²) in [6.07, 6.45) is 0.